The van der Waals surface area contributed by atoms with Crippen LogP contribution in [0, 0.1) is 0 Å². The second-order valence-corrected chi connectivity index (χ2v) is 4.41. The molecule has 0 bridgehead atoms. The molecule has 0 unspecified atom stereocenters. The molecule has 0 fully saturated rings. The highest BCUT2D eigenvalue weighted by atomic mass is 15.6. The van der Waals surface area contributed by atoms with E-state index in [0.717, 1.165) is 5.82 Å². The summed E-state index contributed by atoms with van der Waals surface area (Å²) in [5, 5.41) is 15.9. The molecule has 0 N–H and O–H groups in total. The first kappa shape index (κ1) is 10.7. The van der Waals surface area contributed by atoms with Crippen molar-refractivity contribution in [1.29, 1.82) is 0 Å². The molecule has 7 heteroatoms. The van der Waals surface area contributed by atoms with Crippen molar-refractivity contribution in [3.05, 3.63) is 18.5 Å². The molecule has 7 nitrogen and oxygen atoms in total. The fourth-order valence-electron chi connectivity index (χ4n) is 1.58. The maximum absolute atomic E-state index is 4.29. The Labute approximate surface area is 93.5 Å². The van der Waals surface area contributed by atoms with E-state index >= 15 is 0 Å². The molecule has 2 aromatic heterocycles. The van der Waals surface area contributed by atoms with Crippen molar-refractivity contribution in [2.24, 2.45) is 0 Å². The van der Waals surface area contributed by atoms with Gasteiger partial charge in [0.05, 0.1) is 0 Å². The molecule has 2 aromatic rings. The van der Waals surface area contributed by atoms with Crippen LogP contribution in [0.4, 0.5) is 0 Å². The van der Waals surface area contributed by atoms with Crippen LogP contribution in [0.1, 0.15) is 39.6 Å². The highest BCUT2D eigenvalue weighted by molar-refractivity contribution is 5.02. The van der Waals surface area contributed by atoms with E-state index in [-0.39, 0.29) is 6.04 Å². The maximum atomic E-state index is 4.29. The second-order valence-electron chi connectivity index (χ2n) is 4.41. The zero-order valence-electron chi connectivity index (χ0n) is 9.86. The zero-order valence-corrected chi connectivity index (χ0v) is 9.86. The summed E-state index contributed by atoms with van der Waals surface area (Å²) in [7, 11) is 0. The minimum atomic E-state index is -0.461. The van der Waals surface area contributed by atoms with Gasteiger partial charge in [-0.15, -0.1) is 10.2 Å². The lowest BCUT2D eigenvalue weighted by molar-refractivity contribution is 0.295. The lowest BCUT2D eigenvalue weighted by atomic mass is 10.1. The topological polar surface area (TPSA) is 74.3 Å². The third kappa shape index (κ3) is 1.58. The SMILES string of the molecule is CC(C)n1ncnc1C(C)(C)n1ncnn1. The van der Waals surface area contributed by atoms with Crippen LogP contribution >= 0.6 is 0 Å². The number of rotatable bonds is 3. The fraction of sp³-hybridized carbons (Fsp3) is 0.667. The molecule has 86 valence electrons. The first-order valence-corrected chi connectivity index (χ1v) is 5.17. The first-order valence-electron chi connectivity index (χ1n) is 5.17. The summed E-state index contributed by atoms with van der Waals surface area (Å²) in [5.74, 6) is 0.820. The number of tetrazole rings is 1. The standard InChI is InChI=1S/C9H15N7/c1-7(2)15-8(10-5-12-15)9(3,4)16-13-6-11-14-16/h5-7H,1-4H3. The van der Waals surface area contributed by atoms with Gasteiger partial charge in [0.25, 0.3) is 0 Å². The summed E-state index contributed by atoms with van der Waals surface area (Å²) in [5.41, 5.74) is -0.461. The summed E-state index contributed by atoms with van der Waals surface area (Å²) in [6.45, 7) is 8.08. The largest absolute Gasteiger partial charge is 0.245 e. The predicted octanol–water partition coefficient (Wildman–Crippen LogP) is 0.629. The van der Waals surface area contributed by atoms with E-state index in [2.05, 4.69) is 39.3 Å². The molecule has 0 aliphatic heterocycles. The van der Waals surface area contributed by atoms with Crippen LogP contribution in [-0.2, 0) is 5.54 Å². The average molecular weight is 221 g/mol. The normalized spacial score (nSPS) is 12.3. The summed E-state index contributed by atoms with van der Waals surface area (Å²) in [6.07, 6.45) is 2.96. The van der Waals surface area contributed by atoms with E-state index in [0.29, 0.717) is 0 Å². The van der Waals surface area contributed by atoms with Gasteiger partial charge < -0.3 is 0 Å². The van der Waals surface area contributed by atoms with Gasteiger partial charge in [0.15, 0.2) is 12.2 Å². The Morgan fingerprint density at radius 1 is 1.19 bits per heavy atom. The molecule has 0 atom stereocenters. The average Bonchev–Trinajstić information content (AvgIpc) is 2.89. The molecule has 0 aliphatic rings. The summed E-state index contributed by atoms with van der Waals surface area (Å²) in [6, 6.07) is 0.250. The molecule has 0 aliphatic carbocycles. The Bertz CT molecular complexity index is 454. The van der Waals surface area contributed by atoms with Crippen LogP contribution < -0.4 is 0 Å². The maximum Gasteiger partial charge on any atom is 0.162 e. The fourth-order valence-corrected chi connectivity index (χ4v) is 1.58. The van der Waals surface area contributed by atoms with Crippen molar-refractivity contribution in [3.8, 4) is 0 Å². The van der Waals surface area contributed by atoms with Gasteiger partial charge in [-0.3, -0.25) is 0 Å². The molecular formula is C9H15N7. The third-order valence-corrected chi connectivity index (χ3v) is 2.46. The van der Waals surface area contributed by atoms with Gasteiger partial charge in [0.2, 0.25) is 0 Å². The van der Waals surface area contributed by atoms with Crippen molar-refractivity contribution in [3.63, 3.8) is 0 Å². The number of hydrogen-bond acceptors (Lipinski definition) is 5. The quantitative estimate of drug-likeness (QED) is 0.760. The first-order chi connectivity index (χ1) is 7.53. The monoisotopic (exact) mass is 221 g/mol. The highest BCUT2D eigenvalue weighted by Crippen LogP contribution is 2.22. The minimum absolute atomic E-state index is 0.250. The minimum Gasteiger partial charge on any atom is -0.245 e. The van der Waals surface area contributed by atoms with Crippen LogP contribution in [0.3, 0.4) is 0 Å². The van der Waals surface area contributed by atoms with Crippen molar-refractivity contribution in [1.82, 2.24) is 35.0 Å². The van der Waals surface area contributed by atoms with E-state index in [1.54, 1.807) is 6.33 Å². The Balaban J connectivity index is 2.47. The smallest absolute Gasteiger partial charge is 0.162 e. The lowest BCUT2D eigenvalue weighted by Gasteiger charge is -2.23. The highest BCUT2D eigenvalue weighted by Gasteiger charge is 2.31. The van der Waals surface area contributed by atoms with Gasteiger partial charge in [-0.25, -0.2) is 9.67 Å². The Kier molecular flexibility index (Phi) is 2.45. The van der Waals surface area contributed by atoms with Gasteiger partial charge in [0.1, 0.15) is 11.9 Å². The molecule has 0 amide bonds. The molecule has 0 saturated heterocycles. The van der Waals surface area contributed by atoms with Crippen LogP contribution in [0.15, 0.2) is 12.7 Å². The molecule has 0 spiro atoms. The Morgan fingerprint density at radius 3 is 2.50 bits per heavy atom. The Morgan fingerprint density at radius 2 is 1.94 bits per heavy atom. The van der Waals surface area contributed by atoms with E-state index < -0.39 is 5.54 Å². The van der Waals surface area contributed by atoms with Crippen LogP contribution in [-0.4, -0.2) is 35.0 Å². The second kappa shape index (κ2) is 3.66. The van der Waals surface area contributed by atoms with Crippen LogP contribution in [0.25, 0.3) is 0 Å². The van der Waals surface area contributed by atoms with Crippen molar-refractivity contribution >= 4 is 0 Å². The molecular weight excluding hydrogens is 206 g/mol. The zero-order chi connectivity index (χ0) is 11.8. The summed E-state index contributed by atoms with van der Waals surface area (Å²) < 4.78 is 1.86. The molecule has 2 heterocycles. The molecule has 0 aromatic carbocycles. The summed E-state index contributed by atoms with van der Waals surface area (Å²) >= 11 is 0. The lowest BCUT2D eigenvalue weighted by Crippen LogP contribution is -2.34. The molecule has 16 heavy (non-hydrogen) atoms. The van der Waals surface area contributed by atoms with Crippen LogP contribution in [0.5, 0.6) is 0 Å². The van der Waals surface area contributed by atoms with E-state index in [9.17, 15) is 0 Å². The van der Waals surface area contributed by atoms with Gasteiger partial charge in [-0.05, 0) is 32.9 Å². The molecule has 0 radical (unpaired) electrons. The van der Waals surface area contributed by atoms with Gasteiger partial charge in [-0.1, -0.05) is 0 Å². The third-order valence-electron chi connectivity index (χ3n) is 2.46. The van der Waals surface area contributed by atoms with Crippen molar-refractivity contribution in [2.75, 3.05) is 0 Å². The van der Waals surface area contributed by atoms with Gasteiger partial charge >= 0.3 is 0 Å². The van der Waals surface area contributed by atoms with Crippen molar-refractivity contribution < 1.29 is 0 Å². The number of nitrogens with zero attached hydrogens (tertiary/aromatic N) is 7. The van der Waals surface area contributed by atoms with E-state index in [1.165, 1.54) is 11.1 Å². The van der Waals surface area contributed by atoms with Crippen molar-refractivity contribution in [2.45, 2.75) is 39.3 Å². The number of hydrogen-bond donors (Lipinski definition) is 0. The van der Waals surface area contributed by atoms with E-state index in [1.807, 2.05) is 18.5 Å². The molecule has 0 saturated carbocycles. The van der Waals surface area contributed by atoms with Gasteiger partial charge in [-0.2, -0.15) is 9.90 Å². The summed E-state index contributed by atoms with van der Waals surface area (Å²) in [4.78, 5) is 5.83. The Hall–Kier alpha value is -1.79. The van der Waals surface area contributed by atoms with Gasteiger partial charge in [0, 0.05) is 6.04 Å². The van der Waals surface area contributed by atoms with E-state index in [4.69, 9.17) is 0 Å². The van der Waals surface area contributed by atoms with Crippen LogP contribution in [0.2, 0.25) is 0 Å². The predicted molar refractivity (Wildman–Crippen MR) is 56.6 cm³/mol. The number of aromatic nitrogens is 7. The molecule has 2 rings (SSSR count).